The van der Waals surface area contributed by atoms with Crippen molar-refractivity contribution in [1.82, 2.24) is 4.98 Å². The van der Waals surface area contributed by atoms with Crippen LogP contribution in [0, 0.1) is 0 Å². The molecule has 2 amide bonds. The maximum absolute atomic E-state index is 12.9. The number of nitrogens with two attached hydrogens (primary N) is 1. The molecule has 0 fully saturated rings. The average Bonchev–Trinajstić information content (AvgIpc) is 3.17. The number of rotatable bonds is 5. The third-order valence-corrected chi connectivity index (χ3v) is 6.09. The highest BCUT2D eigenvalue weighted by atomic mass is 32.1. The number of anilines is 1. The van der Waals surface area contributed by atoms with E-state index in [2.05, 4.69) is 17.2 Å². The highest BCUT2D eigenvalue weighted by molar-refractivity contribution is 7.16. The standard InChI is InChI=1S/C23H19N3O2S/c1-14(15-7-3-2-4-8-15)19-13-18(21(24)27)23(29-19)26-22(28)20-17-10-6-5-9-16(17)11-12-25-20/h2-14H,1H3,(H2,24,27)(H,26,28). The summed E-state index contributed by atoms with van der Waals surface area (Å²) in [6.07, 6.45) is 1.60. The summed E-state index contributed by atoms with van der Waals surface area (Å²) in [7, 11) is 0. The van der Waals surface area contributed by atoms with Crippen LogP contribution >= 0.6 is 11.3 Å². The van der Waals surface area contributed by atoms with Crippen molar-refractivity contribution in [2.45, 2.75) is 12.8 Å². The first kappa shape index (κ1) is 18.8. The summed E-state index contributed by atoms with van der Waals surface area (Å²) in [6, 6.07) is 21.1. The van der Waals surface area contributed by atoms with E-state index in [0.29, 0.717) is 16.3 Å². The molecular weight excluding hydrogens is 382 g/mol. The largest absolute Gasteiger partial charge is 0.366 e. The molecule has 0 aliphatic carbocycles. The zero-order valence-corrected chi connectivity index (χ0v) is 16.6. The van der Waals surface area contributed by atoms with E-state index >= 15 is 0 Å². The highest BCUT2D eigenvalue weighted by Crippen LogP contribution is 2.36. The van der Waals surface area contributed by atoms with Crippen molar-refractivity contribution in [3.05, 3.63) is 94.6 Å². The number of hydrogen-bond acceptors (Lipinski definition) is 4. The van der Waals surface area contributed by atoms with Crippen LogP contribution in [-0.2, 0) is 0 Å². The van der Waals surface area contributed by atoms with E-state index in [1.54, 1.807) is 12.3 Å². The van der Waals surface area contributed by atoms with Gasteiger partial charge >= 0.3 is 0 Å². The monoisotopic (exact) mass is 401 g/mol. The number of pyridine rings is 1. The number of thiophene rings is 1. The number of aromatic nitrogens is 1. The summed E-state index contributed by atoms with van der Waals surface area (Å²) in [4.78, 5) is 30.1. The predicted molar refractivity (Wildman–Crippen MR) is 116 cm³/mol. The molecule has 2 heterocycles. The molecule has 0 aliphatic heterocycles. The van der Waals surface area contributed by atoms with Gasteiger partial charge in [0.2, 0.25) is 0 Å². The molecule has 0 saturated carbocycles. The van der Waals surface area contributed by atoms with Crippen molar-refractivity contribution in [3.63, 3.8) is 0 Å². The summed E-state index contributed by atoms with van der Waals surface area (Å²) in [5.41, 5.74) is 7.31. The fraction of sp³-hybridized carbons (Fsp3) is 0.0870. The highest BCUT2D eigenvalue weighted by Gasteiger charge is 2.21. The van der Waals surface area contributed by atoms with Crippen molar-refractivity contribution in [2.75, 3.05) is 5.32 Å². The minimum Gasteiger partial charge on any atom is -0.366 e. The first-order chi connectivity index (χ1) is 14.0. The van der Waals surface area contributed by atoms with Gasteiger partial charge in [-0.3, -0.25) is 14.6 Å². The van der Waals surface area contributed by atoms with E-state index in [-0.39, 0.29) is 11.8 Å². The predicted octanol–water partition coefficient (Wildman–Crippen LogP) is 4.80. The Balaban J connectivity index is 1.68. The lowest BCUT2D eigenvalue weighted by Crippen LogP contribution is -2.17. The molecule has 2 aromatic heterocycles. The summed E-state index contributed by atoms with van der Waals surface area (Å²) in [5.74, 6) is -0.875. The lowest BCUT2D eigenvalue weighted by molar-refractivity contribution is 0.100. The summed E-state index contributed by atoms with van der Waals surface area (Å²) in [5, 5.41) is 4.96. The molecule has 3 N–H and O–H groups in total. The van der Waals surface area contributed by atoms with Crippen molar-refractivity contribution < 1.29 is 9.59 Å². The zero-order chi connectivity index (χ0) is 20.4. The molecule has 0 bridgehead atoms. The Kier molecular flexibility index (Phi) is 5.10. The molecule has 29 heavy (non-hydrogen) atoms. The van der Waals surface area contributed by atoms with Gasteiger partial charge in [-0.2, -0.15) is 0 Å². The number of fused-ring (bicyclic) bond motifs is 1. The first-order valence-electron chi connectivity index (χ1n) is 9.18. The Morgan fingerprint density at radius 2 is 1.76 bits per heavy atom. The minimum atomic E-state index is -0.575. The number of primary amides is 1. The Morgan fingerprint density at radius 3 is 2.52 bits per heavy atom. The van der Waals surface area contributed by atoms with Gasteiger partial charge in [0.25, 0.3) is 11.8 Å². The molecule has 0 radical (unpaired) electrons. The van der Waals surface area contributed by atoms with Crippen LogP contribution in [0.4, 0.5) is 5.00 Å². The van der Waals surface area contributed by atoms with E-state index in [0.717, 1.165) is 21.2 Å². The van der Waals surface area contributed by atoms with Crippen molar-refractivity contribution in [3.8, 4) is 0 Å². The lowest BCUT2D eigenvalue weighted by atomic mass is 9.99. The second-order valence-electron chi connectivity index (χ2n) is 6.72. The second kappa shape index (κ2) is 7.85. The van der Waals surface area contributed by atoms with Crippen LogP contribution in [0.3, 0.4) is 0 Å². The maximum Gasteiger partial charge on any atom is 0.275 e. The lowest BCUT2D eigenvalue weighted by Gasteiger charge is -2.09. The van der Waals surface area contributed by atoms with Gasteiger partial charge < -0.3 is 11.1 Å². The molecule has 0 spiro atoms. The number of nitrogens with zero attached hydrogens (tertiary/aromatic N) is 1. The Bertz CT molecular complexity index is 1200. The number of amides is 2. The average molecular weight is 401 g/mol. The topological polar surface area (TPSA) is 85.1 Å². The molecule has 2 aromatic carbocycles. The van der Waals surface area contributed by atoms with Crippen LogP contribution in [0.15, 0.2) is 72.9 Å². The van der Waals surface area contributed by atoms with Gasteiger partial charge in [0.15, 0.2) is 0 Å². The van der Waals surface area contributed by atoms with Crippen LogP contribution in [0.1, 0.15) is 44.1 Å². The van der Waals surface area contributed by atoms with E-state index < -0.39 is 5.91 Å². The molecule has 0 saturated heterocycles. The number of nitrogens with one attached hydrogen (secondary N) is 1. The van der Waals surface area contributed by atoms with Crippen LogP contribution < -0.4 is 11.1 Å². The molecule has 1 unspecified atom stereocenters. The first-order valence-corrected chi connectivity index (χ1v) is 10.00. The van der Waals surface area contributed by atoms with Gasteiger partial charge in [-0.15, -0.1) is 11.3 Å². The van der Waals surface area contributed by atoms with Gasteiger partial charge in [-0.05, 0) is 23.1 Å². The fourth-order valence-corrected chi connectivity index (χ4v) is 4.41. The number of benzene rings is 2. The quantitative estimate of drug-likeness (QED) is 0.504. The molecule has 144 valence electrons. The maximum atomic E-state index is 12.9. The van der Waals surface area contributed by atoms with Crippen LogP contribution in [-0.4, -0.2) is 16.8 Å². The van der Waals surface area contributed by atoms with E-state index in [1.807, 2.05) is 60.7 Å². The molecule has 4 aromatic rings. The van der Waals surface area contributed by atoms with Crippen molar-refractivity contribution in [1.29, 1.82) is 0 Å². The Labute approximate surface area is 172 Å². The second-order valence-corrected chi connectivity index (χ2v) is 7.81. The van der Waals surface area contributed by atoms with E-state index in [9.17, 15) is 9.59 Å². The summed E-state index contributed by atoms with van der Waals surface area (Å²) >= 11 is 1.36. The third-order valence-electron chi connectivity index (χ3n) is 4.86. The van der Waals surface area contributed by atoms with Gasteiger partial charge in [-0.25, -0.2) is 0 Å². The van der Waals surface area contributed by atoms with E-state index in [1.165, 1.54) is 11.3 Å². The van der Waals surface area contributed by atoms with Gasteiger partial charge in [0, 0.05) is 22.4 Å². The summed E-state index contributed by atoms with van der Waals surface area (Å²) in [6.45, 7) is 2.06. The number of carbonyl (C=O) groups is 2. The summed E-state index contributed by atoms with van der Waals surface area (Å²) < 4.78 is 0. The number of carbonyl (C=O) groups excluding carboxylic acids is 2. The fourth-order valence-electron chi connectivity index (χ4n) is 3.27. The molecule has 5 nitrogen and oxygen atoms in total. The van der Waals surface area contributed by atoms with Gasteiger partial charge in [0.1, 0.15) is 10.7 Å². The minimum absolute atomic E-state index is 0.0700. The van der Waals surface area contributed by atoms with Crippen LogP contribution in [0.2, 0.25) is 0 Å². The zero-order valence-electron chi connectivity index (χ0n) is 15.8. The molecular formula is C23H19N3O2S. The Hall–Kier alpha value is -3.51. The SMILES string of the molecule is CC(c1ccccc1)c1cc(C(N)=O)c(NC(=O)c2nccc3ccccc23)s1. The third kappa shape index (κ3) is 3.75. The Morgan fingerprint density at radius 1 is 1.03 bits per heavy atom. The normalized spacial score (nSPS) is 11.9. The number of hydrogen-bond donors (Lipinski definition) is 2. The molecule has 4 rings (SSSR count). The smallest absolute Gasteiger partial charge is 0.275 e. The van der Waals surface area contributed by atoms with E-state index in [4.69, 9.17) is 5.73 Å². The molecule has 0 aliphatic rings. The van der Waals surface area contributed by atoms with Gasteiger partial charge in [-0.1, -0.05) is 61.5 Å². The van der Waals surface area contributed by atoms with Crippen LogP contribution in [0.5, 0.6) is 0 Å². The molecule has 6 heteroatoms. The van der Waals surface area contributed by atoms with Crippen molar-refractivity contribution in [2.24, 2.45) is 5.73 Å². The molecule has 1 atom stereocenters. The van der Waals surface area contributed by atoms with Gasteiger partial charge in [0.05, 0.1) is 5.56 Å². The van der Waals surface area contributed by atoms with Crippen molar-refractivity contribution >= 4 is 38.9 Å². The van der Waals surface area contributed by atoms with Crippen LogP contribution in [0.25, 0.3) is 10.8 Å².